The second-order valence-electron chi connectivity index (χ2n) is 6.07. The topological polar surface area (TPSA) is 19.0 Å². The highest BCUT2D eigenvalue weighted by atomic mass is 79.9. The third kappa shape index (κ3) is 2.71. The Morgan fingerprint density at radius 3 is 2.82 bits per heavy atom. The normalized spacial score (nSPS) is 15.7. The molecule has 0 atom stereocenters. The van der Waals surface area contributed by atoms with Crippen molar-refractivity contribution in [1.82, 2.24) is 9.88 Å². The Bertz CT molecular complexity index is 792. The first-order chi connectivity index (χ1) is 10.8. The van der Waals surface area contributed by atoms with Crippen molar-refractivity contribution in [3.05, 3.63) is 69.8 Å². The van der Waals surface area contributed by atoms with Gasteiger partial charge in [0.05, 0.1) is 0 Å². The number of aryl methyl sites for hydroxylation is 1. The fourth-order valence-corrected chi connectivity index (χ4v) is 3.79. The smallest absolute Gasteiger partial charge is 0.0460 e. The van der Waals surface area contributed by atoms with Crippen molar-refractivity contribution in [1.29, 1.82) is 0 Å². The number of aromatic nitrogens is 1. The summed E-state index contributed by atoms with van der Waals surface area (Å²) in [6, 6.07) is 17.3. The van der Waals surface area contributed by atoms with Crippen LogP contribution in [-0.4, -0.2) is 16.4 Å². The Morgan fingerprint density at radius 2 is 1.95 bits per heavy atom. The Labute approximate surface area is 139 Å². The fraction of sp³-hybridized carbons (Fsp3) is 0.263. The lowest BCUT2D eigenvalue weighted by Gasteiger charge is -2.20. The van der Waals surface area contributed by atoms with Crippen LogP contribution in [0.1, 0.15) is 23.2 Å². The van der Waals surface area contributed by atoms with Gasteiger partial charge in [-0.1, -0.05) is 46.3 Å². The molecule has 2 nitrogen and oxygen atoms in total. The lowest BCUT2D eigenvalue weighted by atomic mass is 10.1. The summed E-state index contributed by atoms with van der Waals surface area (Å²) in [4.78, 5) is 6.18. The van der Waals surface area contributed by atoms with Gasteiger partial charge in [-0.25, -0.2) is 0 Å². The second kappa shape index (κ2) is 5.90. The maximum absolute atomic E-state index is 3.62. The Hall–Kier alpha value is -1.58. The highest BCUT2D eigenvalue weighted by Crippen LogP contribution is 2.30. The molecule has 1 aliphatic rings. The summed E-state index contributed by atoms with van der Waals surface area (Å²) in [5.74, 6) is 0. The van der Waals surface area contributed by atoms with Crippen molar-refractivity contribution in [2.45, 2.75) is 25.9 Å². The van der Waals surface area contributed by atoms with Crippen molar-refractivity contribution in [3.8, 4) is 0 Å². The molecule has 3 aromatic rings. The van der Waals surface area contributed by atoms with Crippen LogP contribution < -0.4 is 0 Å². The van der Waals surface area contributed by atoms with Crippen molar-refractivity contribution < 1.29 is 0 Å². The molecular formula is C19H19BrN2. The average molecular weight is 355 g/mol. The van der Waals surface area contributed by atoms with Gasteiger partial charge in [-0.2, -0.15) is 0 Å². The zero-order valence-corrected chi connectivity index (χ0v) is 14.1. The number of benzene rings is 2. The number of rotatable bonds is 2. The number of nitrogens with one attached hydrogen (secondary N) is 1. The van der Waals surface area contributed by atoms with Gasteiger partial charge in [-0.05, 0) is 48.7 Å². The van der Waals surface area contributed by atoms with E-state index in [0.29, 0.717) is 0 Å². The van der Waals surface area contributed by atoms with E-state index in [9.17, 15) is 0 Å². The maximum atomic E-state index is 3.62. The van der Waals surface area contributed by atoms with E-state index in [-0.39, 0.29) is 0 Å². The molecule has 0 saturated carbocycles. The lowest BCUT2D eigenvalue weighted by molar-refractivity contribution is 0.262. The number of nitrogens with zero attached hydrogens (tertiary/aromatic N) is 1. The number of halogens is 1. The third-order valence-electron chi connectivity index (χ3n) is 4.49. The summed E-state index contributed by atoms with van der Waals surface area (Å²) in [5, 5.41) is 1.37. The van der Waals surface area contributed by atoms with Crippen LogP contribution in [-0.2, 0) is 19.5 Å². The molecule has 1 aromatic heterocycles. The molecule has 22 heavy (non-hydrogen) atoms. The third-order valence-corrected chi connectivity index (χ3v) is 4.98. The van der Waals surface area contributed by atoms with Gasteiger partial charge >= 0.3 is 0 Å². The molecule has 2 heterocycles. The van der Waals surface area contributed by atoms with Gasteiger partial charge in [0.1, 0.15) is 0 Å². The summed E-state index contributed by atoms with van der Waals surface area (Å²) in [5.41, 5.74) is 5.55. The molecule has 0 saturated heterocycles. The standard InChI is InChI=1S/C19H19BrN2/c20-15-8-9-19-16(11-15)17-13-22(10-4-7-18(17)21-19)12-14-5-2-1-3-6-14/h1-3,5-6,8-9,11,21H,4,7,10,12-13H2. The quantitative estimate of drug-likeness (QED) is 0.694. The first-order valence-electron chi connectivity index (χ1n) is 7.85. The van der Waals surface area contributed by atoms with Gasteiger partial charge in [0.15, 0.2) is 0 Å². The number of hydrogen-bond donors (Lipinski definition) is 1. The second-order valence-corrected chi connectivity index (χ2v) is 6.99. The highest BCUT2D eigenvalue weighted by Gasteiger charge is 2.19. The van der Waals surface area contributed by atoms with Crippen LogP contribution in [0.15, 0.2) is 53.0 Å². The molecule has 0 spiro atoms. The monoisotopic (exact) mass is 354 g/mol. The SMILES string of the molecule is Brc1ccc2[nH]c3c(c2c1)CN(Cc1ccccc1)CCC3. The zero-order valence-electron chi connectivity index (χ0n) is 12.5. The van der Waals surface area contributed by atoms with Crippen molar-refractivity contribution in [2.75, 3.05) is 6.54 Å². The van der Waals surface area contributed by atoms with E-state index >= 15 is 0 Å². The van der Waals surface area contributed by atoms with Gasteiger partial charge in [0.25, 0.3) is 0 Å². The van der Waals surface area contributed by atoms with Crippen molar-refractivity contribution in [2.24, 2.45) is 0 Å². The van der Waals surface area contributed by atoms with Gasteiger partial charge in [-0.15, -0.1) is 0 Å². The molecule has 1 N–H and O–H groups in total. The minimum absolute atomic E-state index is 1.03. The van der Waals surface area contributed by atoms with Gasteiger partial charge in [0.2, 0.25) is 0 Å². The summed E-state index contributed by atoms with van der Waals surface area (Å²) in [6.45, 7) is 3.22. The van der Waals surface area contributed by atoms with Crippen LogP contribution >= 0.6 is 15.9 Å². The van der Waals surface area contributed by atoms with E-state index in [1.165, 1.54) is 34.1 Å². The Balaban J connectivity index is 1.67. The Kier molecular flexibility index (Phi) is 3.77. The van der Waals surface area contributed by atoms with Crippen molar-refractivity contribution >= 4 is 26.8 Å². The molecule has 112 valence electrons. The van der Waals surface area contributed by atoms with E-state index in [0.717, 1.165) is 30.5 Å². The summed E-state index contributed by atoms with van der Waals surface area (Å²) < 4.78 is 1.15. The van der Waals surface area contributed by atoms with E-state index in [1.54, 1.807) is 0 Å². The minimum Gasteiger partial charge on any atom is -0.358 e. The van der Waals surface area contributed by atoms with Crippen molar-refractivity contribution in [3.63, 3.8) is 0 Å². The number of hydrogen-bond acceptors (Lipinski definition) is 1. The van der Waals surface area contributed by atoms with Gasteiger partial charge in [0, 0.05) is 34.2 Å². The molecule has 0 fully saturated rings. The number of aromatic amines is 1. The van der Waals surface area contributed by atoms with E-state index in [2.05, 4.69) is 74.3 Å². The van der Waals surface area contributed by atoms with E-state index in [4.69, 9.17) is 0 Å². The van der Waals surface area contributed by atoms with Crippen LogP contribution in [0.4, 0.5) is 0 Å². The predicted molar refractivity (Wildman–Crippen MR) is 94.9 cm³/mol. The van der Waals surface area contributed by atoms with Gasteiger partial charge in [-0.3, -0.25) is 4.90 Å². The summed E-state index contributed by atoms with van der Waals surface area (Å²) in [6.07, 6.45) is 2.36. The lowest BCUT2D eigenvalue weighted by Crippen LogP contribution is -2.22. The maximum Gasteiger partial charge on any atom is 0.0460 e. The average Bonchev–Trinajstić information content (AvgIpc) is 2.73. The molecule has 2 aromatic carbocycles. The van der Waals surface area contributed by atoms with Crippen LogP contribution in [0.2, 0.25) is 0 Å². The van der Waals surface area contributed by atoms with Crippen LogP contribution in [0, 0.1) is 0 Å². The molecule has 0 radical (unpaired) electrons. The molecular weight excluding hydrogens is 336 g/mol. The Morgan fingerprint density at radius 1 is 1.09 bits per heavy atom. The minimum atomic E-state index is 1.03. The van der Waals surface area contributed by atoms with E-state index in [1.807, 2.05) is 0 Å². The van der Waals surface area contributed by atoms with Crippen LogP contribution in [0.3, 0.4) is 0 Å². The summed E-state index contributed by atoms with van der Waals surface area (Å²) in [7, 11) is 0. The first-order valence-corrected chi connectivity index (χ1v) is 8.64. The zero-order chi connectivity index (χ0) is 14.9. The molecule has 0 unspecified atom stereocenters. The highest BCUT2D eigenvalue weighted by molar-refractivity contribution is 9.10. The molecule has 0 amide bonds. The summed E-state index contributed by atoms with van der Waals surface area (Å²) >= 11 is 3.61. The van der Waals surface area contributed by atoms with Gasteiger partial charge < -0.3 is 4.98 Å². The van der Waals surface area contributed by atoms with Crippen LogP contribution in [0.25, 0.3) is 10.9 Å². The molecule has 0 aliphatic carbocycles. The largest absolute Gasteiger partial charge is 0.358 e. The molecule has 0 bridgehead atoms. The molecule has 4 rings (SSSR count). The van der Waals surface area contributed by atoms with Crippen LogP contribution in [0.5, 0.6) is 0 Å². The first kappa shape index (κ1) is 14.0. The predicted octanol–water partition coefficient (Wildman–Crippen LogP) is 4.88. The number of fused-ring (bicyclic) bond motifs is 3. The number of H-pyrrole nitrogens is 1. The molecule has 3 heteroatoms. The van der Waals surface area contributed by atoms with E-state index < -0.39 is 0 Å². The fourth-order valence-electron chi connectivity index (χ4n) is 3.43. The molecule has 1 aliphatic heterocycles.